The minimum absolute atomic E-state index is 0.196. The second-order valence-corrected chi connectivity index (χ2v) is 12.2. The van der Waals surface area contributed by atoms with Crippen LogP contribution < -0.4 is 11.5 Å². The first kappa shape index (κ1) is 10.8. The van der Waals surface area contributed by atoms with E-state index < -0.39 is 19.8 Å². The van der Waals surface area contributed by atoms with Crippen molar-refractivity contribution in [3.05, 3.63) is 0 Å². The normalized spacial score (nSPS) is 58.4. The topological polar surface area (TPSA) is 52.0 Å². The Bertz CT molecular complexity index is 281. The molecule has 4 bridgehead atoms. The zero-order chi connectivity index (χ0) is 10.8. The second-order valence-electron chi connectivity index (χ2n) is 6.08. The Hall–Kier alpha value is 0.650. The molecule has 4 aliphatic rings. The Morgan fingerprint density at radius 2 is 2.07 bits per heavy atom. The first-order chi connectivity index (χ1) is 7.03. The van der Waals surface area contributed by atoms with Crippen LogP contribution in [0.5, 0.6) is 0 Å². The third kappa shape index (κ3) is 1.35. The van der Waals surface area contributed by atoms with Crippen molar-refractivity contribution in [3.63, 3.8) is 0 Å². The van der Waals surface area contributed by atoms with E-state index in [0.29, 0.717) is 6.04 Å². The molecule has 0 radical (unpaired) electrons. The number of rotatable bonds is 1. The first-order valence-corrected chi connectivity index (χ1v) is 11.6. The summed E-state index contributed by atoms with van der Waals surface area (Å²) in [5.74, 6) is 2.46. The van der Waals surface area contributed by atoms with E-state index in [1.807, 2.05) is 0 Å². The van der Waals surface area contributed by atoms with E-state index in [4.69, 9.17) is 11.5 Å². The number of halogens is 1. The molecular formula is C12H23IN2. The molecule has 0 saturated heterocycles. The first-order valence-electron chi connectivity index (χ1n) is 6.06. The number of nitrogens with two attached hydrogens (primary N) is 2. The average Bonchev–Trinajstić information content (AvgIpc) is 2.37. The fourth-order valence-electron chi connectivity index (χ4n) is 4.37. The number of hydrogen-bond donors (Lipinski definition) is 2. The van der Waals surface area contributed by atoms with Crippen molar-refractivity contribution in [1.82, 2.24) is 0 Å². The van der Waals surface area contributed by atoms with Gasteiger partial charge < -0.3 is 0 Å². The fraction of sp³-hybridized carbons (Fsp3) is 1.00. The van der Waals surface area contributed by atoms with Gasteiger partial charge in [-0.3, -0.25) is 0 Å². The Morgan fingerprint density at radius 1 is 1.33 bits per heavy atom. The third-order valence-corrected chi connectivity index (χ3v) is 9.89. The van der Waals surface area contributed by atoms with Gasteiger partial charge in [0.15, 0.2) is 0 Å². The molecule has 0 aliphatic heterocycles. The molecule has 0 aromatic carbocycles. The summed E-state index contributed by atoms with van der Waals surface area (Å²) in [5, 5.41) is 0. The van der Waals surface area contributed by atoms with Crippen LogP contribution in [0.4, 0.5) is 0 Å². The summed E-state index contributed by atoms with van der Waals surface area (Å²) in [6, 6.07) is 0.485. The van der Waals surface area contributed by atoms with Gasteiger partial charge in [0.1, 0.15) is 0 Å². The number of hydrogen-bond acceptors (Lipinski definition) is 2. The van der Waals surface area contributed by atoms with Crippen LogP contribution in [0.15, 0.2) is 0 Å². The molecule has 4 N–H and O–H groups in total. The van der Waals surface area contributed by atoms with Gasteiger partial charge in [-0.1, -0.05) is 0 Å². The SMILES string of the molecule is CI(C)C1C2CC1C1(N)CCC(C1)[C@@H]2N. The summed E-state index contributed by atoms with van der Waals surface area (Å²) in [4.78, 5) is 5.01. The fourth-order valence-corrected chi connectivity index (χ4v) is 9.73. The standard InChI is InChI=1S/C12H23IN2/c1-13(2)10-8-5-9(10)12(15)4-3-7(6-12)11(8)14/h7-11H,3-6,14-15H2,1-2H3/t7?,8?,9?,10?,11-,12?/m0/s1. The monoisotopic (exact) mass is 322 g/mol. The minimum atomic E-state index is -0.733. The summed E-state index contributed by atoms with van der Waals surface area (Å²) in [6.45, 7) is 0. The van der Waals surface area contributed by atoms with E-state index in [1.165, 1.54) is 25.7 Å². The van der Waals surface area contributed by atoms with Crippen LogP contribution in [0.2, 0.25) is 0 Å². The maximum absolute atomic E-state index is 6.64. The summed E-state index contributed by atoms with van der Waals surface area (Å²) < 4.78 is 0.972. The van der Waals surface area contributed by atoms with Crippen LogP contribution in [0.3, 0.4) is 0 Å². The Morgan fingerprint density at radius 3 is 2.73 bits per heavy atom. The van der Waals surface area contributed by atoms with Gasteiger partial charge in [0.25, 0.3) is 0 Å². The van der Waals surface area contributed by atoms with Gasteiger partial charge >= 0.3 is 100 Å². The van der Waals surface area contributed by atoms with Crippen molar-refractivity contribution in [2.45, 2.75) is 41.2 Å². The molecule has 4 rings (SSSR count). The molecule has 2 nitrogen and oxygen atoms in total. The molecular weight excluding hydrogens is 299 g/mol. The van der Waals surface area contributed by atoms with Gasteiger partial charge in [-0.15, -0.1) is 0 Å². The van der Waals surface area contributed by atoms with Crippen LogP contribution in [-0.2, 0) is 0 Å². The Kier molecular flexibility index (Phi) is 2.39. The molecule has 5 unspecified atom stereocenters. The Balaban J connectivity index is 1.94. The van der Waals surface area contributed by atoms with E-state index in [0.717, 1.165) is 21.7 Å². The van der Waals surface area contributed by atoms with Crippen LogP contribution in [-0.4, -0.2) is 25.4 Å². The van der Waals surface area contributed by atoms with Crippen LogP contribution in [0, 0.1) is 17.8 Å². The molecule has 0 spiro atoms. The molecule has 0 aromatic rings. The summed E-state index contributed by atoms with van der Waals surface area (Å²) in [6.07, 6.45) is 5.15. The van der Waals surface area contributed by atoms with E-state index in [1.54, 1.807) is 0 Å². The second kappa shape index (κ2) is 3.33. The Labute approximate surface area is 99.9 Å². The van der Waals surface area contributed by atoms with Crippen molar-refractivity contribution in [1.29, 1.82) is 0 Å². The maximum atomic E-state index is 6.64. The van der Waals surface area contributed by atoms with Gasteiger partial charge in [-0.05, 0) is 0 Å². The van der Waals surface area contributed by atoms with Gasteiger partial charge in [0, 0.05) is 0 Å². The van der Waals surface area contributed by atoms with E-state index >= 15 is 0 Å². The molecule has 0 heterocycles. The summed E-state index contributed by atoms with van der Waals surface area (Å²) >= 11 is -0.733. The zero-order valence-corrected chi connectivity index (χ0v) is 11.9. The zero-order valence-electron chi connectivity index (χ0n) is 9.75. The van der Waals surface area contributed by atoms with Gasteiger partial charge in [-0.25, -0.2) is 0 Å². The van der Waals surface area contributed by atoms with Crippen molar-refractivity contribution in [3.8, 4) is 0 Å². The molecule has 15 heavy (non-hydrogen) atoms. The van der Waals surface area contributed by atoms with Crippen molar-refractivity contribution in [2.75, 3.05) is 9.86 Å². The van der Waals surface area contributed by atoms with Gasteiger partial charge in [-0.2, -0.15) is 0 Å². The molecule has 88 valence electrons. The van der Waals surface area contributed by atoms with Crippen molar-refractivity contribution < 1.29 is 0 Å². The predicted molar refractivity (Wildman–Crippen MR) is 73.5 cm³/mol. The summed E-state index contributed by atoms with van der Waals surface area (Å²) in [7, 11) is 0. The number of alkyl halides is 3. The van der Waals surface area contributed by atoms with E-state index in [9.17, 15) is 0 Å². The van der Waals surface area contributed by atoms with Crippen LogP contribution in [0.25, 0.3) is 0 Å². The molecule has 0 amide bonds. The average molecular weight is 322 g/mol. The summed E-state index contributed by atoms with van der Waals surface area (Å²) in [5.41, 5.74) is 13.3. The van der Waals surface area contributed by atoms with Crippen molar-refractivity contribution in [2.24, 2.45) is 29.2 Å². The van der Waals surface area contributed by atoms with Gasteiger partial charge in [0.05, 0.1) is 0 Å². The molecule has 6 atom stereocenters. The van der Waals surface area contributed by atoms with E-state index in [2.05, 4.69) is 9.86 Å². The third-order valence-electron chi connectivity index (χ3n) is 5.22. The quantitative estimate of drug-likeness (QED) is 0.569. The van der Waals surface area contributed by atoms with Gasteiger partial charge in [0.2, 0.25) is 0 Å². The van der Waals surface area contributed by atoms with Crippen molar-refractivity contribution >= 4 is 19.8 Å². The van der Waals surface area contributed by atoms with Crippen LogP contribution in [0.1, 0.15) is 25.7 Å². The molecule has 4 aliphatic carbocycles. The predicted octanol–water partition coefficient (Wildman–Crippen LogP) is 1.60. The molecule has 0 aromatic heterocycles. The van der Waals surface area contributed by atoms with Crippen LogP contribution >= 0.6 is 19.8 Å². The molecule has 4 fully saturated rings. The molecule has 4 saturated carbocycles. The van der Waals surface area contributed by atoms with E-state index in [-0.39, 0.29) is 5.54 Å². The molecule has 3 heteroatoms.